The highest BCUT2D eigenvalue weighted by Gasteiger charge is 2.40. The van der Waals surface area contributed by atoms with E-state index >= 15 is 0 Å². The van der Waals surface area contributed by atoms with Crippen LogP contribution in [0.1, 0.15) is 25.7 Å². The first-order valence-corrected chi connectivity index (χ1v) is 4.25. The van der Waals surface area contributed by atoms with Crippen molar-refractivity contribution in [3.8, 4) is 0 Å². The van der Waals surface area contributed by atoms with Crippen LogP contribution >= 0.6 is 0 Å². The molecule has 1 fully saturated rings. The number of aliphatic hydroxyl groups is 2. The fraction of sp³-hybridized carbons (Fsp3) is 0.667. The van der Waals surface area contributed by atoms with Gasteiger partial charge < -0.3 is 10.2 Å². The third kappa shape index (κ3) is 1.30. The highest BCUT2D eigenvalue weighted by atomic mass is 16.5. The molecule has 0 aromatic rings. The average Bonchev–Trinajstić information content (AvgIpc) is 2.21. The topological polar surface area (TPSA) is 57.5 Å². The maximum atomic E-state index is 11.0. The third-order valence-corrected chi connectivity index (χ3v) is 2.67. The molecule has 0 aliphatic heterocycles. The van der Waals surface area contributed by atoms with Gasteiger partial charge in [0.1, 0.15) is 0 Å². The number of fused-ring (bicyclic) bond motifs is 1. The molecule has 2 N–H and O–H groups in total. The van der Waals surface area contributed by atoms with E-state index < -0.39 is 5.79 Å². The number of hydrogen-bond donors (Lipinski definition) is 2. The Morgan fingerprint density at radius 1 is 1.50 bits per heavy atom. The van der Waals surface area contributed by atoms with E-state index in [1.165, 1.54) is 0 Å². The first kappa shape index (κ1) is 7.95. The largest absolute Gasteiger partial charge is 0.365 e. The number of rotatable bonds is 0. The van der Waals surface area contributed by atoms with Crippen molar-refractivity contribution >= 4 is 5.78 Å². The Kier molecular flexibility index (Phi) is 1.59. The first-order chi connectivity index (χ1) is 5.57. The molecule has 0 heterocycles. The lowest BCUT2D eigenvalue weighted by Crippen LogP contribution is -2.23. The van der Waals surface area contributed by atoms with Crippen LogP contribution in [0.5, 0.6) is 0 Å². The molecule has 2 aliphatic carbocycles. The molecular weight excluding hydrogens is 156 g/mol. The molecule has 1 atom stereocenters. The van der Waals surface area contributed by atoms with Gasteiger partial charge in [0.15, 0.2) is 11.6 Å². The van der Waals surface area contributed by atoms with E-state index in [1.807, 2.05) is 0 Å². The molecule has 2 rings (SSSR count). The summed E-state index contributed by atoms with van der Waals surface area (Å²) >= 11 is 0. The van der Waals surface area contributed by atoms with E-state index in [4.69, 9.17) is 0 Å². The fourth-order valence-corrected chi connectivity index (χ4v) is 2.12. The quantitative estimate of drug-likeness (QED) is 0.514. The minimum Gasteiger partial charge on any atom is -0.365 e. The summed E-state index contributed by atoms with van der Waals surface area (Å²) < 4.78 is 0. The van der Waals surface area contributed by atoms with Crippen LogP contribution in [-0.2, 0) is 4.79 Å². The molecule has 1 unspecified atom stereocenters. The minimum atomic E-state index is -1.55. The van der Waals surface area contributed by atoms with Crippen LogP contribution in [0.2, 0.25) is 0 Å². The molecule has 0 spiro atoms. The number of carbonyl (C=O) groups excluding carboxylic acids is 1. The molecule has 0 aromatic carbocycles. The third-order valence-electron chi connectivity index (χ3n) is 2.67. The summed E-state index contributed by atoms with van der Waals surface area (Å²) in [6.45, 7) is 0. The van der Waals surface area contributed by atoms with E-state index in [0.29, 0.717) is 12.8 Å². The zero-order valence-corrected chi connectivity index (χ0v) is 6.79. The minimum absolute atomic E-state index is 0.124. The molecule has 3 heteroatoms. The summed E-state index contributed by atoms with van der Waals surface area (Å²) in [7, 11) is 0. The molecule has 12 heavy (non-hydrogen) atoms. The Morgan fingerprint density at radius 2 is 2.25 bits per heavy atom. The molecule has 2 aliphatic rings. The van der Waals surface area contributed by atoms with Gasteiger partial charge in [-0.25, -0.2) is 0 Å². The van der Waals surface area contributed by atoms with Gasteiger partial charge in [0.2, 0.25) is 0 Å². The zero-order valence-electron chi connectivity index (χ0n) is 6.79. The average molecular weight is 168 g/mol. The summed E-state index contributed by atoms with van der Waals surface area (Å²) in [5.74, 6) is -1.20. The SMILES string of the molecule is O=C1C=C2CC(O)(O)CC2CC1. The van der Waals surface area contributed by atoms with Gasteiger partial charge >= 0.3 is 0 Å². The van der Waals surface area contributed by atoms with Crippen LogP contribution in [0.25, 0.3) is 0 Å². The zero-order chi connectivity index (χ0) is 8.77. The van der Waals surface area contributed by atoms with Crippen molar-refractivity contribution in [2.45, 2.75) is 31.5 Å². The fourth-order valence-electron chi connectivity index (χ4n) is 2.12. The lowest BCUT2D eigenvalue weighted by atomic mass is 9.90. The van der Waals surface area contributed by atoms with Crippen molar-refractivity contribution < 1.29 is 15.0 Å². The molecule has 0 bridgehead atoms. The second-order valence-corrected chi connectivity index (χ2v) is 3.78. The Labute approximate surface area is 70.7 Å². The second kappa shape index (κ2) is 2.41. The normalized spacial score (nSPS) is 33.0. The lowest BCUT2D eigenvalue weighted by molar-refractivity contribution is -0.154. The molecule has 1 saturated carbocycles. The standard InChI is InChI=1S/C9H12O3/c10-8-2-1-6-4-9(11,12)5-7(6)3-8/h3,6,11-12H,1-2,4-5H2. The number of hydrogen-bond acceptors (Lipinski definition) is 3. The monoisotopic (exact) mass is 168 g/mol. The maximum absolute atomic E-state index is 11.0. The Hall–Kier alpha value is -0.670. The van der Waals surface area contributed by atoms with Gasteiger partial charge in [0.25, 0.3) is 0 Å². The first-order valence-electron chi connectivity index (χ1n) is 4.25. The van der Waals surface area contributed by atoms with Crippen molar-refractivity contribution in [3.63, 3.8) is 0 Å². The van der Waals surface area contributed by atoms with E-state index in [-0.39, 0.29) is 18.1 Å². The summed E-state index contributed by atoms with van der Waals surface area (Å²) in [5, 5.41) is 18.6. The van der Waals surface area contributed by atoms with Crippen LogP contribution in [0.15, 0.2) is 11.6 Å². The van der Waals surface area contributed by atoms with E-state index in [9.17, 15) is 15.0 Å². The van der Waals surface area contributed by atoms with Gasteiger partial charge in [0, 0.05) is 19.3 Å². The van der Waals surface area contributed by atoms with Gasteiger partial charge in [-0.05, 0) is 18.4 Å². The molecule has 0 saturated heterocycles. The molecule has 66 valence electrons. The second-order valence-electron chi connectivity index (χ2n) is 3.78. The van der Waals surface area contributed by atoms with Crippen LogP contribution in [0, 0.1) is 5.92 Å². The van der Waals surface area contributed by atoms with Crippen molar-refractivity contribution in [1.82, 2.24) is 0 Å². The summed E-state index contributed by atoms with van der Waals surface area (Å²) in [4.78, 5) is 11.0. The van der Waals surface area contributed by atoms with Crippen LogP contribution in [-0.4, -0.2) is 21.8 Å². The van der Waals surface area contributed by atoms with Crippen LogP contribution < -0.4 is 0 Å². The Bertz CT molecular complexity index is 252. The Morgan fingerprint density at radius 3 is 3.00 bits per heavy atom. The van der Waals surface area contributed by atoms with Crippen molar-refractivity contribution in [2.75, 3.05) is 0 Å². The predicted molar refractivity (Wildman–Crippen MR) is 42.2 cm³/mol. The Balaban J connectivity index is 2.24. The number of ketones is 1. The summed E-state index contributed by atoms with van der Waals surface area (Å²) in [6, 6.07) is 0. The predicted octanol–water partition coefficient (Wildman–Crippen LogP) is 0.367. The smallest absolute Gasteiger partial charge is 0.166 e. The molecule has 0 amide bonds. The van der Waals surface area contributed by atoms with Gasteiger partial charge in [0.05, 0.1) is 0 Å². The van der Waals surface area contributed by atoms with E-state index in [2.05, 4.69) is 0 Å². The molecule has 0 radical (unpaired) electrons. The van der Waals surface area contributed by atoms with Gasteiger partial charge in [-0.15, -0.1) is 0 Å². The van der Waals surface area contributed by atoms with Crippen LogP contribution in [0.3, 0.4) is 0 Å². The number of allylic oxidation sites excluding steroid dienone is 1. The number of carbonyl (C=O) groups is 1. The van der Waals surface area contributed by atoms with Crippen LogP contribution in [0.4, 0.5) is 0 Å². The molecule has 0 aromatic heterocycles. The molecular formula is C9H12O3. The summed E-state index contributed by atoms with van der Waals surface area (Å²) in [5.41, 5.74) is 0.927. The lowest BCUT2D eigenvalue weighted by Gasteiger charge is -2.15. The summed E-state index contributed by atoms with van der Waals surface area (Å²) in [6.07, 6.45) is 3.58. The van der Waals surface area contributed by atoms with Crippen molar-refractivity contribution in [3.05, 3.63) is 11.6 Å². The molecule has 3 nitrogen and oxygen atoms in total. The van der Waals surface area contributed by atoms with Crippen molar-refractivity contribution in [2.24, 2.45) is 5.92 Å². The highest BCUT2D eigenvalue weighted by Crippen LogP contribution is 2.41. The highest BCUT2D eigenvalue weighted by molar-refractivity contribution is 5.91. The maximum Gasteiger partial charge on any atom is 0.166 e. The van der Waals surface area contributed by atoms with Gasteiger partial charge in [-0.3, -0.25) is 4.79 Å². The van der Waals surface area contributed by atoms with E-state index in [1.54, 1.807) is 6.08 Å². The van der Waals surface area contributed by atoms with E-state index in [0.717, 1.165) is 12.0 Å². The van der Waals surface area contributed by atoms with Gasteiger partial charge in [-0.2, -0.15) is 0 Å². The van der Waals surface area contributed by atoms with Crippen molar-refractivity contribution in [1.29, 1.82) is 0 Å². The van der Waals surface area contributed by atoms with Gasteiger partial charge in [-0.1, -0.05) is 5.57 Å².